The van der Waals surface area contributed by atoms with Crippen LogP contribution in [0.1, 0.15) is 49.7 Å². The molecule has 0 bridgehead atoms. The van der Waals surface area contributed by atoms with E-state index in [1.165, 1.54) is 24.0 Å². The van der Waals surface area contributed by atoms with E-state index in [2.05, 4.69) is 25.1 Å². The van der Waals surface area contributed by atoms with Gasteiger partial charge in [0, 0.05) is 6.04 Å². The van der Waals surface area contributed by atoms with E-state index in [0.717, 1.165) is 25.0 Å². The predicted octanol–water partition coefficient (Wildman–Crippen LogP) is 3.27. The van der Waals surface area contributed by atoms with E-state index in [9.17, 15) is 5.11 Å². The fourth-order valence-corrected chi connectivity index (χ4v) is 5.74. The van der Waals surface area contributed by atoms with Gasteiger partial charge in [0.1, 0.15) is 5.75 Å². The summed E-state index contributed by atoms with van der Waals surface area (Å²) in [5.74, 6) is 2.87. The van der Waals surface area contributed by atoms with E-state index in [1.807, 2.05) is 0 Å². The second-order valence-corrected chi connectivity index (χ2v) is 7.85. The summed E-state index contributed by atoms with van der Waals surface area (Å²) in [6.07, 6.45) is 5.28. The molecule has 0 saturated heterocycles. The summed E-state index contributed by atoms with van der Waals surface area (Å²) >= 11 is 0. The molecule has 0 radical (unpaired) electrons. The Bertz CT molecular complexity index is 593. The van der Waals surface area contributed by atoms with Crippen LogP contribution in [-0.4, -0.2) is 24.4 Å². The fourth-order valence-electron chi connectivity index (χ4n) is 5.74. The van der Waals surface area contributed by atoms with Gasteiger partial charge in [-0.25, -0.2) is 0 Å². The minimum Gasteiger partial charge on any atom is -0.497 e. The van der Waals surface area contributed by atoms with Crippen LogP contribution in [0.5, 0.6) is 5.75 Å². The lowest BCUT2D eigenvalue weighted by atomic mass is 9.55. The number of nitrogens with two attached hydrogens (primary N) is 1. The summed E-state index contributed by atoms with van der Waals surface area (Å²) in [5.41, 5.74) is 9.47. The number of methoxy groups -OCH3 is 1. The molecule has 3 aliphatic carbocycles. The highest BCUT2D eigenvalue weighted by atomic mass is 35.5. The average molecular weight is 338 g/mol. The van der Waals surface area contributed by atoms with E-state index >= 15 is 0 Å². The molecule has 1 aromatic carbocycles. The molecule has 0 aromatic heterocycles. The maximum absolute atomic E-state index is 10.3. The highest BCUT2D eigenvalue weighted by Gasteiger charge is 2.56. The number of aryl methyl sites for hydroxylation is 1. The van der Waals surface area contributed by atoms with Crippen LogP contribution in [0.25, 0.3) is 0 Å². The van der Waals surface area contributed by atoms with Gasteiger partial charge < -0.3 is 15.6 Å². The Balaban J connectivity index is 0.00000156. The number of hydrogen-bond acceptors (Lipinski definition) is 3. The van der Waals surface area contributed by atoms with Crippen molar-refractivity contribution in [2.24, 2.45) is 23.0 Å². The molecule has 1 aromatic rings. The van der Waals surface area contributed by atoms with Crippen molar-refractivity contribution in [2.75, 3.05) is 7.11 Å². The van der Waals surface area contributed by atoms with Gasteiger partial charge in [0.2, 0.25) is 0 Å². The van der Waals surface area contributed by atoms with Crippen LogP contribution in [0, 0.1) is 17.3 Å². The lowest BCUT2D eigenvalue weighted by Gasteiger charge is -2.50. The summed E-state index contributed by atoms with van der Waals surface area (Å²) in [7, 11) is 1.74. The molecule has 23 heavy (non-hydrogen) atoms. The molecule has 0 heterocycles. The van der Waals surface area contributed by atoms with Gasteiger partial charge in [-0.1, -0.05) is 13.0 Å². The molecule has 0 unspecified atom stereocenters. The second kappa shape index (κ2) is 5.94. The molecular formula is C19H28ClNO2. The van der Waals surface area contributed by atoms with Gasteiger partial charge in [0.15, 0.2) is 0 Å². The Labute approximate surface area is 145 Å². The number of aliphatic hydroxyl groups is 1. The van der Waals surface area contributed by atoms with Gasteiger partial charge >= 0.3 is 0 Å². The largest absolute Gasteiger partial charge is 0.497 e. The SMILES string of the molecule is COc1ccc2c(c1)CC[C@@H]1[C@@H]2CC[C@]2(C)[C@@H](N)[C@@H](O)C[C@@H]12.Cl. The summed E-state index contributed by atoms with van der Waals surface area (Å²) in [6, 6.07) is 6.55. The lowest BCUT2D eigenvalue weighted by molar-refractivity contribution is 0.0472. The summed E-state index contributed by atoms with van der Waals surface area (Å²) in [4.78, 5) is 0. The van der Waals surface area contributed by atoms with Crippen molar-refractivity contribution < 1.29 is 9.84 Å². The highest BCUT2D eigenvalue weighted by molar-refractivity contribution is 5.85. The van der Waals surface area contributed by atoms with E-state index in [4.69, 9.17) is 10.5 Å². The molecule has 0 spiro atoms. The maximum atomic E-state index is 10.3. The Kier molecular flexibility index (Phi) is 4.41. The zero-order chi connectivity index (χ0) is 15.5. The standard InChI is InChI=1S/C19H27NO2.ClH/c1-19-8-7-14-13-6-4-12(22-2)9-11(13)3-5-15(14)16(19)10-17(21)18(19)20;/h4,6,9,14-18,21H,3,5,7-8,10,20H2,1-2H3;1H/t14-,15-,16+,17+,18+,19+;/m1./s1. The molecule has 0 amide bonds. The van der Waals surface area contributed by atoms with Gasteiger partial charge in [0.25, 0.3) is 0 Å². The van der Waals surface area contributed by atoms with Crippen LogP contribution in [-0.2, 0) is 6.42 Å². The third-order valence-electron chi connectivity index (χ3n) is 7.04. The molecule has 2 fully saturated rings. The Hall–Kier alpha value is -0.770. The first-order valence-electron chi connectivity index (χ1n) is 8.65. The summed E-state index contributed by atoms with van der Waals surface area (Å²) < 4.78 is 5.38. The van der Waals surface area contributed by atoms with E-state index < -0.39 is 0 Å². The molecule has 3 N–H and O–H groups in total. The molecule has 128 valence electrons. The Morgan fingerprint density at radius 1 is 1.30 bits per heavy atom. The second-order valence-electron chi connectivity index (χ2n) is 7.85. The Morgan fingerprint density at radius 2 is 2.09 bits per heavy atom. The van der Waals surface area contributed by atoms with E-state index in [-0.39, 0.29) is 30.0 Å². The van der Waals surface area contributed by atoms with E-state index in [1.54, 1.807) is 7.11 Å². The molecule has 6 atom stereocenters. The van der Waals surface area contributed by atoms with Crippen molar-refractivity contribution in [3.8, 4) is 5.75 Å². The Morgan fingerprint density at radius 3 is 2.83 bits per heavy atom. The smallest absolute Gasteiger partial charge is 0.119 e. The first kappa shape index (κ1) is 17.1. The summed E-state index contributed by atoms with van der Waals surface area (Å²) in [5, 5.41) is 10.3. The molecule has 4 heteroatoms. The molecular weight excluding hydrogens is 310 g/mol. The minimum absolute atomic E-state index is 0. The zero-order valence-electron chi connectivity index (χ0n) is 14.0. The third-order valence-corrected chi connectivity index (χ3v) is 7.04. The lowest BCUT2D eigenvalue weighted by Crippen LogP contribution is -2.48. The van der Waals surface area contributed by atoms with Crippen LogP contribution in [0.2, 0.25) is 0 Å². The molecule has 2 saturated carbocycles. The number of aliphatic hydroxyl groups excluding tert-OH is 1. The first-order chi connectivity index (χ1) is 10.5. The first-order valence-corrected chi connectivity index (χ1v) is 8.65. The topological polar surface area (TPSA) is 55.5 Å². The van der Waals surface area contributed by atoms with Crippen molar-refractivity contribution in [3.63, 3.8) is 0 Å². The normalized spacial score (nSPS) is 41.3. The van der Waals surface area contributed by atoms with Gasteiger partial charge in [-0.2, -0.15) is 0 Å². The minimum atomic E-state index is -0.314. The molecule has 3 nitrogen and oxygen atoms in total. The maximum Gasteiger partial charge on any atom is 0.119 e. The van der Waals surface area contributed by atoms with Crippen LogP contribution in [0.15, 0.2) is 18.2 Å². The zero-order valence-corrected chi connectivity index (χ0v) is 14.8. The number of rotatable bonds is 1. The fraction of sp³-hybridized carbons (Fsp3) is 0.684. The summed E-state index contributed by atoms with van der Waals surface area (Å²) in [6.45, 7) is 2.32. The number of fused-ring (bicyclic) bond motifs is 5. The van der Waals surface area contributed by atoms with Gasteiger partial charge in [0.05, 0.1) is 13.2 Å². The van der Waals surface area contributed by atoms with Crippen LogP contribution < -0.4 is 10.5 Å². The van der Waals surface area contributed by atoms with Crippen molar-refractivity contribution in [3.05, 3.63) is 29.3 Å². The van der Waals surface area contributed by atoms with Crippen LogP contribution >= 0.6 is 12.4 Å². The van der Waals surface area contributed by atoms with Crippen molar-refractivity contribution in [1.82, 2.24) is 0 Å². The van der Waals surface area contributed by atoms with Gasteiger partial charge in [-0.05, 0) is 78.5 Å². The third kappa shape index (κ3) is 2.40. The van der Waals surface area contributed by atoms with Crippen molar-refractivity contribution >= 4 is 12.4 Å². The predicted molar refractivity (Wildman–Crippen MR) is 94.2 cm³/mol. The number of benzene rings is 1. The molecule has 3 aliphatic rings. The molecule has 4 rings (SSSR count). The van der Waals surface area contributed by atoms with Crippen LogP contribution in [0.3, 0.4) is 0 Å². The highest BCUT2D eigenvalue weighted by Crippen LogP contribution is 2.60. The van der Waals surface area contributed by atoms with Gasteiger partial charge in [-0.3, -0.25) is 0 Å². The quantitative estimate of drug-likeness (QED) is 0.827. The average Bonchev–Trinajstić information content (AvgIpc) is 2.77. The van der Waals surface area contributed by atoms with Crippen molar-refractivity contribution in [1.29, 1.82) is 0 Å². The van der Waals surface area contributed by atoms with Crippen molar-refractivity contribution in [2.45, 2.75) is 57.1 Å². The van der Waals surface area contributed by atoms with E-state index in [0.29, 0.717) is 17.8 Å². The van der Waals surface area contributed by atoms with Crippen LogP contribution in [0.4, 0.5) is 0 Å². The number of ether oxygens (including phenoxy) is 1. The van der Waals surface area contributed by atoms with Gasteiger partial charge in [-0.15, -0.1) is 12.4 Å². The monoisotopic (exact) mass is 337 g/mol. The molecule has 0 aliphatic heterocycles. The number of hydrogen-bond donors (Lipinski definition) is 2. The number of halogens is 1.